The van der Waals surface area contributed by atoms with Gasteiger partial charge in [0.2, 0.25) is 0 Å². The lowest BCUT2D eigenvalue weighted by atomic mass is 10.2. The molecule has 0 aliphatic carbocycles. The lowest BCUT2D eigenvalue weighted by Crippen LogP contribution is -2.44. The minimum Gasteiger partial charge on any atom is -0.479 e. The van der Waals surface area contributed by atoms with Gasteiger partial charge < -0.3 is 20.2 Å². The molecule has 94 valence electrons. The molecule has 0 aromatic rings. The summed E-state index contributed by atoms with van der Waals surface area (Å²) in [7, 11) is 0. The fourth-order valence-electron chi connectivity index (χ4n) is 1.07. The van der Waals surface area contributed by atoms with Gasteiger partial charge in [0.15, 0.2) is 12.2 Å². The second-order valence-electron chi connectivity index (χ2n) is 3.22. The van der Waals surface area contributed by atoms with Crippen molar-refractivity contribution in [3.63, 3.8) is 0 Å². The zero-order valence-corrected chi connectivity index (χ0v) is 8.40. The van der Waals surface area contributed by atoms with Crippen LogP contribution < -0.4 is 0 Å². The second kappa shape index (κ2) is 4.89. The standard InChI is InChI=1S/C8H9NO8/c10-3-1-2-4(11)9(3)17-8(16)6(13)5(12)7(14)15/h5-6,12-13H,1-2H2,(H,14,15)/t5-,6-/m1/s1. The van der Waals surface area contributed by atoms with E-state index in [1.807, 2.05) is 0 Å². The molecule has 2 atom stereocenters. The summed E-state index contributed by atoms with van der Waals surface area (Å²) < 4.78 is 0. The minimum absolute atomic E-state index is 0.135. The quantitative estimate of drug-likeness (QED) is 0.459. The van der Waals surface area contributed by atoms with Crippen molar-refractivity contribution in [3.8, 4) is 0 Å². The Bertz CT molecular complexity index is 362. The topological polar surface area (TPSA) is 141 Å². The normalized spacial score (nSPS) is 19.1. The van der Waals surface area contributed by atoms with Crippen LogP contribution in [0.3, 0.4) is 0 Å². The van der Waals surface area contributed by atoms with Gasteiger partial charge in [0.05, 0.1) is 0 Å². The molecule has 1 saturated heterocycles. The van der Waals surface area contributed by atoms with Crippen molar-refractivity contribution in [2.24, 2.45) is 0 Å². The van der Waals surface area contributed by atoms with Crippen LogP contribution in [0.5, 0.6) is 0 Å². The molecule has 0 spiro atoms. The molecule has 9 nitrogen and oxygen atoms in total. The third-order valence-electron chi connectivity index (χ3n) is 1.98. The summed E-state index contributed by atoms with van der Waals surface area (Å²) >= 11 is 0. The number of carbonyl (C=O) groups is 4. The highest BCUT2D eigenvalue weighted by molar-refractivity contribution is 6.01. The van der Waals surface area contributed by atoms with Crippen LogP contribution in [0, 0.1) is 0 Å². The van der Waals surface area contributed by atoms with Gasteiger partial charge in [-0.15, -0.1) is 5.06 Å². The number of aliphatic hydroxyl groups is 2. The Hall–Kier alpha value is -2.00. The highest BCUT2D eigenvalue weighted by atomic mass is 16.7. The predicted octanol–water partition coefficient (Wildman–Crippen LogP) is -2.60. The molecular formula is C8H9NO8. The van der Waals surface area contributed by atoms with Crippen molar-refractivity contribution in [2.45, 2.75) is 25.0 Å². The lowest BCUT2D eigenvalue weighted by molar-refractivity contribution is -0.207. The van der Waals surface area contributed by atoms with Crippen molar-refractivity contribution in [2.75, 3.05) is 0 Å². The maximum absolute atomic E-state index is 11.1. The Morgan fingerprint density at radius 3 is 2.00 bits per heavy atom. The minimum atomic E-state index is -2.39. The van der Waals surface area contributed by atoms with Crippen LogP contribution in [0.4, 0.5) is 0 Å². The molecule has 1 heterocycles. The fraction of sp³-hybridized carbons (Fsp3) is 0.500. The van der Waals surface area contributed by atoms with E-state index in [-0.39, 0.29) is 17.9 Å². The van der Waals surface area contributed by atoms with Gasteiger partial charge in [0.1, 0.15) is 0 Å². The Kier molecular flexibility index (Phi) is 3.76. The summed E-state index contributed by atoms with van der Waals surface area (Å²) in [5, 5.41) is 26.3. The van der Waals surface area contributed by atoms with Gasteiger partial charge in [-0.1, -0.05) is 0 Å². The Morgan fingerprint density at radius 2 is 1.59 bits per heavy atom. The SMILES string of the molecule is O=C(O)[C@H](O)[C@@H](O)C(=O)ON1C(=O)CCC1=O. The summed E-state index contributed by atoms with van der Waals surface area (Å²) in [5.41, 5.74) is 0. The van der Waals surface area contributed by atoms with Gasteiger partial charge in [-0.25, -0.2) is 9.59 Å². The van der Waals surface area contributed by atoms with Gasteiger partial charge in [-0.3, -0.25) is 9.59 Å². The highest BCUT2D eigenvalue weighted by Crippen LogP contribution is 2.13. The smallest absolute Gasteiger partial charge is 0.364 e. The summed E-state index contributed by atoms with van der Waals surface area (Å²) in [6.07, 6.45) is -5.04. The highest BCUT2D eigenvalue weighted by Gasteiger charge is 2.38. The van der Waals surface area contributed by atoms with Crippen molar-refractivity contribution >= 4 is 23.8 Å². The van der Waals surface area contributed by atoms with Crippen LogP contribution in [0.1, 0.15) is 12.8 Å². The van der Waals surface area contributed by atoms with Gasteiger partial charge in [0.25, 0.3) is 11.8 Å². The van der Waals surface area contributed by atoms with Crippen LogP contribution in [0.25, 0.3) is 0 Å². The van der Waals surface area contributed by atoms with Gasteiger partial charge in [-0.05, 0) is 0 Å². The molecule has 1 fully saturated rings. The molecule has 3 N–H and O–H groups in total. The molecule has 1 aliphatic rings. The van der Waals surface area contributed by atoms with Crippen LogP contribution in [-0.4, -0.2) is 56.3 Å². The van der Waals surface area contributed by atoms with Crippen molar-refractivity contribution in [3.05, 3.63) is 0 Å². The molecule has 0 aromatic carbocycles. The number of imide groups is 1. The number of rotatable bonds is 4. The molecule has 0 unspecified atom stereocenters. The molecule has 0 radical (unpaired) electrons. The molecular weight excluding hydrogens is 238 g/mol. The predicted molar refractivity (Wildman–Crippen MR) is 46.8 cm³/mol. The van der Waals surface area contributed by atoms with Crippen molar-refractivity contribution < 1.29 is 39.3 Å². The molecule has 0 bridgehead atoms. The first-order chi connectivity index (χ1) is 7.84. The number of amides is 2. The molecule has 17 heavy (non-hydrogen) atoms. The van der Waals surface area contributed by atoms with E-state index >= 15 is 0 Å². The number of aliphatic hydroxyl groups excluding tert-OH is 2. The number of aliphatic carboxylic acids is 1. The van der Waals surface area contributed by atoms with Crippen molar-refractivity contribution in [1.29, 1.82) is 0 Å². The molecule has 0 saturated carbocycles. The van der Waals surface area contributed by atoms with E-state index in [4.69, 9.17) is 15.3 Å². The summed E-state index contributed by atoms with van der Waals surface area (Å²) in [6, 6.07) is 0. The zero-order chi connectivity index (χ0) is 13.2. The largest absolute Gasteiger partial charge is 0.479 e. The average molecular weight is 247 g/mol. The van der Waals surface area contributed by atoms with Gasteiger partial charge >= 0.3 is 11.9 Å². The van der Waals surface area contributed by atoms with Crippen LogP contribution in [-0.2, 0) is 24.0 Å². The number of hydrogen-bond acceptors (Lipinski definition) is 7. The van der Waals surface area contributed by atoms with Gasteiger partial charge in [0, 0.05) is 12.8 Å². The maximum atomic E-state index is 11.1. The molecule has 1 aliphatic heterocycles. The summed E-state index contributed by atoms with van der Waals surface area (Å²) in [5.74, 6) is -4.99. The van der Waals surface area contributed by atoms with E-state index in [0.717, 1.165) is 0 Å². The third kappa shape index (κ3) is 2.77. The monoisotopic (exact) mass is 247 g/mol. The zero-order valence-electron chi connectivity index (χ0n) is 8.40. The Balaban J connectivity index is 2.63. The Labute approximate surface area is 94.1 Å². The lowest BCUT2D eigenvalue weighted by Gasteiger charge is -2.16. The van der Waals surface area contributed by atoms with E-state index in [1.165, 1.54) is 0 Å². The fourth-order valence-corrected chi connectivity index (χ4v) is 1.07. The van der Waals surface area contributed by atoms with E-state index < -0.39 is 36.0 Å². The van der Waals surface area contributed by atoms with Crippen LogP contribution >= 0.6 is 0 Å². The first kappa shape index (κ1) is 13.1. The first-order valence-corrected chi connectivity index (χ1v) is 4.51. The summed E-state index contributed by atoms with van der Waals surface area (Å²) in [4.78, 5) is 47.6. The number of hydroxylamine groups is 2. The third-order valence-corrected chi connectivity index (χ3v) is 1.98. The molecule has 2 amide bonds. The van der Waals surface area contributed by atoms with E-state index in [1.54, 1.807) is 0 Å². The Morgan fingerprint density at radius 1 is 1.12 bits per heavy atom. The van der Waals surface area contributed by atoms with Gasteiger partial charge in [-0.2, -0.15) is 0 Å². The number of nitrogens with zero attached hydrogens (tertiary/aromatic N) is 1. The first-order valence-electron chi connectivity index (χ1n) is 4.51. The second-order valence-corrected chi connectivity index (χ2v) is 3.22. The molecule has 9 heteroatoms. The van der Waals surface area contributed by atoms with E-state index in [9.17, 15) is 19.2 Å². The van der Waals surface area contributed by atoms with E-state index in [2.05, 4.69) is 4.84 Å². The molecule has 0 aromatic heterocycles. The number of carboxylic acid groups (broad SMARTS) is 1. The number of carbonyl (C=O) groups excluding carboxylic acids is 3. The van der Waals surface area contributed by atoms with Crippen LogP contribution in [0.15, 0.2) is 0 Å². The summed E-state index contributed by atoms with van der Waals surface area (Å²) in [6.45, 7) is 0. The number of hydrogen-bond donors (Lipinski definition) is 3. The maximum Gasteiger partial charge on any atom is 0.364 e. The number of carboxylic acids is 1. The van der Waals surface area contributed by atoms with E-state index in [0.29, 0.717) is 0 Å². The van der Waals surface area contributed by atoms with Crippen molar-refractivity contribution in [1.82, 2.24) is 5.06 Å². The molecule has 1 rings (SSSR count). The van der Waals surface area contributed by atoms with Crippen LogP contribution in [0.2, 0.25) is 0 Å². The average Bonchev–Trinajstić information content (AvgIpc) is 2.58.